The molecular weight excluding hydrogens is 328 g/mol. The summed E-state index contributed by atoms with van der Waals surface area (Å²) in [5.41, 5.74) is 5.24. The molecule has 1 fully saturated rings. The van der Waals surface area contributed by atoms with Crippen LogP contribution in [0.3, 0.4) is 0 Å². The number of aromatic nitrogens is 4. The number of hydrogen-bond acceptors (Lipinski definition) is 7. The van der Waals surface area contributed by atoms with Gasteiger partial charge in [0.05, 0.1) is 13.0 Å². The van der Waals surface area contributed by atoms with Crippen LogP contribution in [0.2, 0.25) is 0 Å². The molecule has 0 saturated carbocycles. The Hall–Kier alpha value is -2.85. The summed E-state index contributed by atoms with van der Waals surface area (Å²) in [6.07, 6.45) is 1.47. The van der Waals surface area contributed by atoms with Crippen molar-refractivity contribution in [1.82, 2.24) is 24.6 Å². The molecule has 1 saturated heterocycles. The quantitative estimate of drug-likeness (QED) is 0.699. The van der Waals surface area contributed by atoms with Crippen LogP contribution >= 0.6 is 0 Å². The summed E-state index contributed by atoms with van der Waals surface area (Å²) in [5.74, 6) is 1.19. The number of pyridine rings is 1. The van der Waals surface area contributed by atoms with Gasteiger partial charge in [-0.25, -0.2) is 9.97 Å². The Bertz CT molecular complexity index is 705. The number of likely N-dealkylation sites (N-methyl/N-ethyl adjacent to an activating group) is 1. The number of carbonyl (C=O) groups is 2. The summed E-state index contributed by atoms with van der Waals surface area (Å²) >= 11 is 0. The van der Waals surface area contributed by atoms with Crippen LogP contribution in [0.1, 0.15) is 17.8 Å². The molecule has 3 rings (SSSR count). The minimum absolute atomic E-state index is 0.00457. The number of amides is 1. The summed E-state index contributed by atoms with van der Waals surface area (Å²) in [6, 6.07) is 5.53. The number of nitrogens with zero attached hydrogens (tertiary/aromatic N) is 5. The van der Waals surface area contributed by atoms with E-state index < -0.39 is 5.91 Å². The third-order valence-corrected chi connectivity index (χ3v) is 3.43. The van der Waals surface area contributed by atoms with Gasteiger partial charge in [0, 0.05) is 19.3 Å². The third kappa shape index (κ3) is 5.06. The van der Waals surface area contributed by atoms with Gasteiger partial charge in [-0.2, -0.15) is 4.68 Å². The van der Waals surface area contributed by atoms with Gasteiger partial charge < -0.3 is 20.5 Å². The van der Waals surface area contributed by atoms with E-state index >= 15 is 0 Å². The number of primary amides is 1. The zero-order valence-corrected chi connectivity index (χ0v) is 13.8. The first-order chi connectivity index (χ1) is 12.0. The van der Waals surface area contributed by atoms with Crippen LogP contribution in [0.4, 0.5) is 0 Å². The van der Waals surface area contributed by atoms with Crippen LogP contribution in [-0.2, 0) is 20.7 Å². The first-order valence-corrected chi connectivity index (χ1v) is 7.58. The van der Waals surface area contributed by atoms with Gasteiger partial charge in [0.1, 0.15) is 6.10 Å². The highest BCUT2D eigenvalue weighted by Crippen LogP contribution is 2.22. The molecule has 1 atom stereocenters. The molecule has 0 spiro atoms. The lowest BCUT2D eigenvalue weighted by Gasteiger charge is -2.29. The van der Waals surface area contributed by atoms with Gasteiger partial charge in [0.25, 0.3) is 6.47 Å². The normalized spacial score (nSPS) is 17.4. The van der Waals surface area contributed by atoms with Crippen LogP contribution in [0.15, 0.2) is 24.4 Å². The van der Waals surface area contributed by atoms with Crippen molar-refractivity contribution in [2.75, 3.05) is 26.7 Å². The largest absolute Gasteiger partial charge is 0.483 e. The Morgan fingerprint density at radius 3 is 2.88 bits per heavy atom. The second kappa shape index (κ2) is 8.85. The molecule has 10 nitrogen and oxygen atoms in total. The van der Waals surface area contributed by atoms with Gasteiger partial charge in [0.15, 0.2) is 17.5 Å². The number of rotatable bonds is 4. The van der Waals surface area contributed by atoms with Crippen molar-refractivity contribution in [3.8, 4) is 5.82 Å². The molecule has 2 aromatic rings. The lowest BCUT2D eigenvalue weighted by Crippen LogP contribution is -2.36. The Balaban J connectivity index is 0.000000701. The fourth-order valence-electron chi connectivity index (χ4n) is 2.39. The monoisotopic (exact) mass is 348 g/mol. The van der Waals surface area contributed by atoms with Crippen molar-refractivity contribution < 1.29 is 19.4 Å². The van der Waals surface area contributed by atoms with Gasteiger partial charge in [-0.1, -0.05) is 6.07 Å². The van der Waals surface area contributed by atoms with Crippen molar-refractivity contribution in [3.05, 3.63) is 36.0 Å². The number of hydrogen-bond donors (Lipinski definition) is 2. The van der Waals surface area contributed by atoms with Crippen LogP contribution in [-0.4, -0.2) is 68.9 Å². The summed E-state index contributed by atoms with van der Waals surface area (Å²) in [6.45, 7) is 1.96. The molecule has 3 N–H and O–H groups in total. The Morgan fingerprint density at radius 1 is 1.52 bits per heavy atom. The zero-order chi connectivity index (χ0) is 18.2. The fourth-order valence-corrected chi connectivity index (χ4v) is 2.39. The van der Waals surface area contributed by atoms with E-state index in [4.69, 9.17) is 20.4 Å². The highest BCUT2D eigenvalue weighted by molar-refractivity contribution is 5.75. The average molecular weight is 348 g/mol. The van der Waals surface area contributed by atoms with Gasteiger partial charge >= 0.3 is 0 Å². The maximum atomic E-state index is 11.1. The van der Waals surface area contributed by atoms with Crippen LogP contribution in [0, 0.1) is 0 Å². The number of carbonyl (C=O) groups excluding carboxylic acids is 1. The van der Waals surface area contributed by atoms with Crippen molar-refractivity contribution >= 4 is 12.4 Å². The average Bonchev–Trinajstić information content (AvgIpc) is 2.99. The maximum absolute atomic E-state index is 11.1. The van der Waals surface area contributed by atoms with E-state index in [-0.39, 0.29) is 19.0 Å². The number of morpholine rings is 1. The van der Waals surface area contributed by atoms with Crippen LogP contribution in [0.5, 0.6) is 0 Å². The molecule has 0 radical (unpaired) electrons. The first kappa shape index (κ1) is 18.5. The zero-order valence-electron chi connectivity index (χ0n) is 13.8. The third-order valence-electron chi connectivity index (χ3n) is 3.43. The Kier molecular flexibility index (Phi) is 6.54. The number of carboxylic acid groups (broad SMARTS) is 1. The molecule has 134 valence electrons. The predicted octanol–water partition coefficient (Wildman–Crippen LogP) is -0.606. The van der Waals surface area contributed by atoms with Crippen molar-refractivity contribution in [2.45, 2.75) is 12.5 Å². The topological polar surface area (TPSA) is 136 Å². The van der Waals surface area contributed by atoms with Gasteiger partial charge in [-0.05, 0) is 19.2 Å². The number of ether oxygens (including phenoxy) is 1. The second-order valence-electron chi connectivity index (χ2n) is 5.36. The van der Waals surface area contributed by atoms with E-state index in [1.54, 1.807) is 10.9 Å². The maximum Gasteiger partial charge on any atom is 0.290 e. The molecule has 25 heavy (non-hydrogen) atoms. The van der Waals surface area contributed by atoms with Crippen LogP contribution < -0.4 is 5.73 Å². The standard InChI is InChI=1S/C14H18N6O2.CH2O2/c1-19-6-7-22-10(9-19)14-17-12(8-11(15)21)18-20(14)13-4-2-3-5-16-13;2-1-3/h2-5,10H,6-9H2,1H3,(H2,15,21);1H,(H,2,3). The summed E-state index contributed by atoms with van der Waals surface area (Å²) in [4.78, 5) is 30.4. The van der Waals surface area contributed by atoms with E-state index in [1.165, 1.54) is 0 Å². The van der Waals surface area contributed by atoms with E-state index in [1.807, 2.05) is 25.2 Å². The van der Waals surface area contributed by atoms with E-state index in [0.717, 1.165) is 6.54 Å². The fraction of sp³-hybridized carbons (Fsp3) is 0.400. The van der Waals surface area contributed by atoms with Gasteiger partial charge in [-0.3, -0.25) is 9.59 Å². The Labute approximate surface area is 144 Å². The molecule has 1 amide bonds. The SMILES string of the molecule is CN1CCOC(c2nc(CC(N)=O)nn2-c2ccccn2)C1.O=CO. The molecule has 1 aliphatic heterocycles. The smallest absolute Gasteiger partial charge is 0.290 e. The summed E-state index contributed by atoms with van der Waals surface area (Å²) < 4.78 is 7.43. The van der Waals surface area contributed by atoms with Crippen molar-refractivity contribution in [1.29, 1.82) is 0 Å². The number of nitrogens with two attached hydrogens (primary N) is 1. The van der Waals surface area contributed by atoms with Crippen molar-refractivity contribution in [2.24, 2.45) is 5.73 Å². The molecule has 0 bridgehead atoms. The van der Waals surface area contributed by atoms with E-state index in [0.29, 0.717) is 30.6 Å². The molecule has 10 heteroatoms. The molecule has 0 aromatic carbocycles. The van der Waals surface area contributed by atoms with Gasteiger partial charge in [0.2, 0.25) is 5.91 Å². The second-order valence-corrected chi connectivity index (χ2v) is 5.36. The lowest BCUT2D eigenvalue weighted by molar-refractivity contribution is -0.123. The highest BCUT2D eigenvalue weighted by atomic mass is 16.5. The van der Waals surface area contributed by atoms with Gasteiger partial charge in [-0.15, -0.1) is 5.10 Å². The van der Waals surface area contributed by atoms with E-state index in [9.17, 15) is 4.79 Å². The van der Waals surface area contributed by atoms with Crippen LogP contribution in [0.25, 0.3) is 5.82 Å². The van der Waals surface area contributed by atoms with E-state index in [2.05, 4.69) is 20.0 Å². The Morgan fingerprint density at radius 2 is 2.28 bits per heavy atom. The first-order valence-electron chi connectivity index (χ1n) is 7.58. The molecule has 3 heterocycles. The minimum atomic E-state index is -0.466. The molecular formula is C15H20N6O4. The molecule has 2 aromatic heterocycles. The molecule has 1 aliphatic rings. The predicted molar refractivity (Wildman–Crippen MR) is 86.9 cm³/mol. The summed E-state index contributed by atoms with van der Waals surface area (Å²) in [7, 11) is 2.03. The lowest BCUT2D eigenvalue weighted by atomic mass is 10.2. The highest BCUT2D eigenvalue weighted by Gasteiger charge is 2.26. The molecule has 0 aliphatic carbocycles. The summed E-state index contributed by atoms with van der Waals surface area (Å²) in [5, 5.41) is 11.3. The minimum Gasteiger partial charge on any atom is -0.483 e. The van der Waals surface area contributed by atoms with Crippen molar-refractivity contribution in [3.63, 3.8) is 0 Å². The molecule has 1 unspecified atom stereocenters.